The molecule has 0 saturated heterocycles. The molecule has 0 aromatic rings. The third-order valence-corrected chi connectivity index (χ3v) is 1.74. The number of hydrogen-bond donors (Lipinski definition) is 2. The summed E-state index contributed by atoms with van der Waals surface area (Å²) in [6.07, 6.45) is 10.8. The van der Waals surface area contributed by atoms with Crippen molar-refractivity contribution in [3.63, 3.8) is 0 Å². The van der Waals surface area contributed by atoms with Gasteiger partial charge in [0.25, 0.3) is 0 Å². The van der Waals surface area contributed by atoms with Gasteiger partial charge in [0.05, 0.1) is 5.70 Å². The van der Waals surface area contributed by atoms with Gasteiger partial charge in [-0.05, 0) is 24.5 Å². The Kier molecular flexibility index (Phi) is 1.24. The van der Waals surface area contributed by atoms with E-state index >= 15 is 0 Å². The van der Waals surface area contributed by atoms with Gasteiger partial charge in [-0.1, -0.05) is 12.2 Å². The first-order chi connectivity index (χ1) is 4.97. The van der Waals surface area contributed by atoms with E-state index in [9.17, 15) is 0 Å². The molecule has 0 radical (unpaired) electrons. The summed E-state index contributed by atoms with van der Waals surface area (Å²) in [5.41, 5.74) is 8.55. The van der Waals surface area contributed by atoms with Crippen molar-refractivity contribution in [2.24, 2.45) is 0 Å². The second-order valence-corrected chi connectivity index (χ2v) is 2.46. The van der Waals surface area contributed by atoms with Crippen LogP contribution in [-0.2, 0) is 0 Å². The highest BCUT2D eigenvalue weighted by atomic mass is 15.4. The lowest BCUT2D eigenvalue weighted by atomic mass is 10.0. The van der Waals surface area contributed by atoms with E-state index in [-0.39, 0.29) is 0 Å². The molecule has 2 rings (SSSR count). The van der Waals surface area contributed by atoms with Crippen molar-refractivity contribution < 1.29 is 0 Å². The van der Waals surface area contributed by atoms with E-state index in [2.05, 4.69) is 29.1 Å². The van der Waals surface area contributed by atoms with Gasteiger partial charge >= 0.3 is 0 Å². The van der Waals surface area contributed by atoms with Crippen LogP contribution in [0.5, 0.6) is 0 Å². The number of rotatable bonds is 0. The van der Waals surface area contributed by atoms with Crippen LogP contribution in [-0.4, -0.2) is 0 Å². The maximum absolute atomic E-state index is 3.08. The van der Waals surface area contributed by atoms with Crippen LogP contribution in [0.25, 0.3) is 0 Å². The van der Waals surface area contributed by atoms with E-state index in [1.807, 2.05) is 6.20 Å². The molecule has 2 aliphatic rings. The Morgan fingerprint density at radius 2 is 2.10 bits per heavy atom. The lowest BCUT2D eigenvalue weighted by Crippen LogP contribution is -2.30. The Labute approximate surface area is 60.3 Å². The van der Waals surface area contributed by atoms with Gasteiger partial charge < -0.3 is 10.9 Å². The fourth-order valence-electron chi connectivity index (χ4n) is 1.23. The first-order valence-electron chi connectivity index (χ1n) is 3.55. The van der Waals surface area contributed by atoms with Crippen molar-refractivity contribution in [3.05, 3.63) is 35.7 Å². The molecular weight excluding hydrogens is 124 g/mol. The van der Waals surface area contributed by atoms with Crippen LogP contribution in [0.3, 0.4) is 0 Å². The monoisotopic (exact) mass is 134 g/mol. The average molecular weight is 134 g/mol. The third kappa shape index (κ3) is 0.817. The SMILES string of the molecule is C1=CC2=CCCC=C2NN1. The van der Waals surface area contributed by atoms with Crippen molar-refractivity contribution in [2.75, 3.05) is 0 Å². The molecule has 1 aliphatic heterocycles. The zero-order chi connectivity index (χ0) is 6.81. The molecule has 52 valence electrons. The highest BCUT2D eigenvalue weighted by Gasteiger charge is 2.06. The van der Waals surface area contributed by atoms with Crippen molar-refractivity contribution in [1.29, 1.82) is 0 Å². The maximum atomic E-state index is 3.08. The predicted molar refractivity (Wildman–Crippen MR) is 40.8 cm³/mol. The van der Waals surface area contributed by atoms with Gasteiger partial charge in [-0.25, -0.2) is 0 Å². The van der Waals surface area contributed by atoms with Crippen molar-refractivity contribution in [2.45, 2.75) is 12.8 Å². The molecule has 0 bridgehead atoms. The van der Waals surface area contributed by atoms with Crippen LogP contribution in [0.15, 0.2) is 35.7 Å². The van der Waals surface area contributed by atoms with Crippen LogP contribution in [0.4, 0.5) is 0 Å². The van der Waals surface area contributed by atoms with Crippen molar-refractivity contribution >= 4 is 0 Å². The van der Waals surface area contributed by atoms with Crippen LogP contribution >= 0.6 is 0 Å². The van der Waals surface area contributed by atoms with E-state index in [4.69, 9.17) is 0 Å². The summed E-state index contributed by atoms with van der Waals surface area (Å²) in [4.78, 5) is 0. The Hall–Kier alpha value is -1.18. The summed E-state index contributed by atoms with van der Waals surface area (Å²) < 4.78 is 0. The molecule has 10 heavy (non-hydrogen) atoms. The minimum absolute atomic E-state index is 1.15. The quantitative estimate of drug-likeness (QED) is 0.520. The fourth-order valence-corrected chi connectivity index (χ4v) is 1.23. The molecule has 0 aromatic heterocycles. The zero-order valence-electron chi connectivity index (χ0n) is 5.72. The summed E-state index contributed by atoms with van der Waals surface area (Å²) in [5, 5.41) is 0. The summed E-state index contributed by atoms with van der Waals surface area (Å²) in [6, 6.07) is 0. The molecular formula is C8H10N2. The molecule has 0 atom stereocenters. The smallest absolute Gasteiger partial charge is 0.0569 e. The normalized spacial score (nSPS) is 21.6. The highest BCUT2D eigenvalue weighted by molar-refractivity contribution is 5.41. The first-order valence-corrected chi connectivity index (χ1v) is 3.55. The molecule has 2 heteroatoms. The Bertz CT molecular complexity index is 223. The van der Waals surface area contributed by atoms with Crippen LogP contribution in [0, 0.1) is 0 Å². The number of hydrogen-bond acceptors (Lipinski definition) is 2. The van der Waals surface area contributed by atoms with Gasteiger partial charge in [0.15, 0.2) is 0 Å². The first kappa shape index (κ1) is 5.59. The van der Waals surface area contributed by atoms with E-state index in [0.29, 0.717) is 0 Å². The van der Waals surface area contributed by atoms with E-state index < -0.39 is 0 Å². The van der Waals surface area contributed by atoms with E-state index in [1.54, 1.807) is 0 Å². The van der Waals surface area contributed by atoms with Crippen molar-refractivity contribution in [1.82, 2.24) is 10.9 Å². The van der Waals surface area contributed by atoms with Gasteiger partial charge in [-0.15, -0.1) is 0 Å². The van der Waals surface area contributed by atoms with Gasteiger partial charge in [0.2, 0.25) is 0 Å². The van der Waals surface area contributed by atoms with Gasteiger partial charge in [-0.3, -0.25) is 0 Å². The average Bonchev–Trinajstić information content (AvgIpc) is 2.05. The van der Waals surface area contributed by atoms with Gasteiger partial charge in [0, 0.05) is 6.20 Å². The molecule has 2 N–H and O–H groups in total. The standard InChI is InChI=1S/C8H10N2/c1-2-4-8-7(3-1)5-6-9-10-8/h3-6,9-10H,1-2H2. The predicted octanol–water partition coefficient (Wildman–Crippen LogP) is 1.21. The van der Waals surface area contributed by atoms with Gasteiger partial charge in [-0.2, -0.15) is 0 Å². The zero-order valence-corrected chi connectivity index (χ0v) is 5.72. The summed E-state index contributed by atoms with van der Waals surface area (Å²) in [7, 11) is 0. The summed E-state index contributed by atoms with van der Waals surface area (Å²) in [5.74, 6) is 0. The Morgan fingerprint density at radius 3 is 3.00 bits per heavy atom. The Balaban J connectivity index is 2.33. The minimum Gasteiger partial charge on any atom is -0.308 e. The van der Waals surface area contributed by atoms with Crippen LogP contribution in [0.2, 0.25) is 0 Å². The second kappa shape index (κ2) is 2.21. The molecule has 0 fully saturated rings. The number of nitrogens with one attached hydrogen (secondary N) is 2. The third-order valence-electron chi connectivity index (χ3n) is 1.74. The lowest BCUT2D eigenvalue weighted by Gasteiger charge is -2.19. The summed E-state index contributed by atoms with van der Waals surface area (Å²) in [6.45, 7) is 0. The molecule has 0 unspecified atom stereocenters. The topological polar surface area (TPSA) is 24.1 Å². The van der Waals surface area contributed by atoms with E-state index in [0.717, 1.165) is 6.42 Å². The largest absolute Gasteiger partial charge is 0.308 e. The molecule has 1 aliphatic carbocycles. The second-order valence-electron chi connectivity index (χ2n) is 2.46. The molecule has 1 heterocycles. The molecule has 2 nitrogen and oxygen atoms in total. The summed E-state index contributed by atoms with van der Waals surface area (Å²) >= 11 is 0. The number of hydrazine groups is 1. The maximum Gasteiger partial charge on any atom is 0.0569 e. The number of allylic oxidation sites excluding steroid dienone is 3. The van der Waals surface area contributed by atoms with Crippen LogP contribution in [0.1, 0.15) is 12.8 Å². The molecule has 0 aromatic carbocycles. The van der Waals surface area contributed by atoms with Gasteiger partial charge in [0.1, 0.15) is 0 Å². The minimum atomic E-state index is 1.15. The van der Waals surface area contributed by atoms with Crippen molar-refractivity contribution in [3.8, 4) is 0 Å². The molecule has 0 saturated carbocycles. The molecule has 0 amide bonds. The highest BCUT2D eigenvalue weighted by Crippen LogP contribution is 2.18. The Morgan fingerprint density at radius 1 is 1.20 bits per heavy atom. The van der Waals surface area contributed by atoms with Crippen LogP contribution < -0.4 is 10.9 Å². The van der Waals surface area contributed by atoms with E-state index in [1.165, 1.54) is 17.7 Å². The fraction of sp³-hybridized carbons (Fsp3) is 0.250. The lowest BCUT2D eigenvalue weighted by molar-refractivity contribution is 0.709. The molecule has 0 spiro atoms. The number of fused-ring (bicyclic) bond motifs is 1.